The number of hydrogen-bond donors (Lipinski definition) is 0. The molecule has 0 saturated heterocycles. The van der Waals surface area contributed by atoms with Gasteiger partial charge in [-0.15, -0.1) is 26.3 Å². The molecular formula is C22H22F6O4. The van der Waals surface area contributed by atoms with Gasteiger partial charge in [0.2, 0.25) is 0 Å². The van der Waals surface area contributed by atoms with Crippen molar-refractivity contribution in [3.05, 3.63) is 58.1 Å². The predicted octanol–water partition coefficient (Wildman–Crippen LogP) is 6.23. The first-order valence-electron chi connectivity index (χ1n) is 9.42. The summed E-state index contributed by atoms with van der Waals surface area (Å²) in [7, 11) is 0. The van der Waals surface area contributed by atoms with Crippen LogP contribution >= 0.6 is 0 Å². The molecule has 10 heteroatoms. The van der Waals surface area contributed by atoms with Crippen molar-refractivity contribution < 1.29 is 45.4 Å². The lowest BCUT2D eigenvalue weighted by molar-refractivity contribution is -0.309. The monoisotopic (exact) mass is 464 g/mol. The van der Waals surface area contributed by atoms with Crippen molar-refractivity contribution in [1.82, 2.24) is 0 Å². The van der Waals surface area contributed by atoms with Crippen LogP contribution in [0.25, 0.3) is 0 Å². The van der Waals surface area contributed by atoms with Gasteiger partial charge < -0.3 is 9.47 Å². The van der Waals surface area contributed by atoms with Gasteiger partial charge in [0.1, 0.15) is 0 Å². The van der Waals surface area contributed by atoms with E-state index in [4.69, 9.17) is 0 Å². The minimum Gasteiger partial charge on any atom is -0.401 e. The first-order chi connectivity index (χ1) is 14.2. The minimum atomic E-state index is -5.32. The van der Waals surface area contributed by atoms with Gasteiger partial charge in [0, 0.05) is 11.1 Å². The van der Waals surface area contributed by atoms with E-state index in [0.29, 0.717) is 23.3 Å². The molecule has 0 radical (unpaired) electrons. The molecule has 2 aliphatic carbocycles. The van der Waals surface area contributed by atoms with Crippen molar-refractivity contribution in [3.8, 4) is 0 Å². The number of carbonyl (C=O) groups is 2. The second-order valence-corrected chi connectivity index (χ2v) is 9.30. The average Bonchev–Trinajstić information content (AvgIpc) is 2.54. The van der Waals surface area contributed by atoms with Gasteiger partial charge in [0.25, 0.3) is 5.78 Å². The van der Waals surface area contributed by atoms with E-state index < -0.39 is 40.9 Å². The molecule has 0 aliphatic heterocycles. The summed E-state index contributed by atoms with van der Waals surface area (Å²) in [6.07, 6.45) is -6.52. The number of halogens is 6. The standard InChI is InChI=1S/C22H22F6O4/c1-19(2,3)13-7-11(8-14(17(13)29)20(4,5)6)12-9-15(31-21(23,24)25)18(30)16(10-12)32-22(26,27)28/h7-10H,1-6H3. The Labute approximate surface area is 180 Å². The molecule has 2 rings (SSSR count). The number of hydrogen-bond acceptors (Lipinski definition) is 4. The van der Waals surface area contributed by atoms with Crippen molar-refractivity contribution >= 4 is 11.6 Å². The Bertz CT molecular complexity index is 913. The number of rotatable bonds is 2. The zero-order valence-electron chi connectivity index (χ0n) is 18.2. The third-order valence-corrected chi connectivity index (χ3v) is 4.51. The smallest absolute Gasteiger partial charge is 0.401 e. The van der Waals surface area contributed by atoms with E-state index in [1.54, 1.807) is 41.5 Å². The quantitative estimate of drug-likeness (QED) is 0.455. The molecule has 0 amide bonds. The van der Waals surface area contributed by atoms with E-state index >= 15 is 0 Å². The molecule has 0 bridgehead atoms. The van der Waals surface area contributed by atoms with Gasteiger partial charge in [-0.25, -0.2) is 0 Å². The largest absolute Gasteiger partial charge is 0.573 e. The van der Waals surface area contributed by atoms with Gasteiger partial charge in [-0.05, 0) is 46.3 Å². The molecule has 0 saturated carbocycles. The molecule has 0 spiro atoms. The molecule has 176 valence electrons. The Balaban J connectivity index is 2.82. The molecule has 0 heterocycles. The maximum absolute atomic E-state index is 13.0. The fourth-order valence-electron chi connectivity index (χ4n) is 3.05. The van der Waals surface area contributed by atoms with Gasteiger partial charge in [0.15, 0.2) is 17.3 Å². The number of ketones is 2. The van der Waals surface area contributed by atoms with Crippen molar-refractivity contribution in [2.45, 2.75) is 54.3 Å². The molecular weight excluding hydrogens is 442 g/mol. The van der Waals surface area contributed by atoms with Crippen LogP contribution in [-0.4, -0.2) is 24.3 Å². The first kappa shape index (κ1) is 25.5. The van der Waals surface area contributed by atoms with Gasteiger partial charge >= 0.3 is 12.7 Å². The zero-order chi connectivity index (χ0) is 24.9. The highest BCUT2D eigenvalue weighted by Gasteiger charge is 2.41. The number of Topliss-reactive ketones (excluding diaryl/α,β-unsaturated/α-hetero) is 2. The second-order valence-electron chi connectivity index (χ2n) is 9.30. The zero-order valence-corrected chi connectivity index (χ0v) is 18.2. The Morgan fingerprint density at radius 3 is 1.16 bits per heavy atom. The molecule has 0 atom stereocenters. The normalized spacial score (nSPS) is 18.8. The van der Waals surface area contributed by atoms with Gasteiger partial charge in [-0.1, -0.05) is 41.5 Å². The van der Waals surface area contributed by atoms with Gasteiger partial charge in [-0.2, -0.15) is 0 Å². The van der Waals surface area contributed by atoms with Gasteiger partial charge in [0.05, 0.1) is 0 Å². The number of allylic oxidation sites excluding steroid dienone is 8. The molecule has 0 aromatic carbocycles. The third kappa shape index (κ3) is 6.14. The Hall–Kier alpha value is -2.78. The van der Waals surface area contributed by atoms with Crippen molar-refractivity contribution in [2.75, 3.05) is 0 Å². The SMILES string of the molecule is CC(C)(C)C1=CC(=C2C=C(OC(F)(F)F)C(=O)C(OC(F)(F)F)=C2)C=C(C(C)(C)C)C1=O. The Morgan fingerprint density at radius 1 is 0.562 bits per heavy atom. The summed E-state index contributed by atoms with van der Waals surface area (Å²) in [4.78, 5) is 25.1. The number of ether oxygens (including phenoxy) is 2. The molecule has 32 heavy (non-hydrogen) atoms. The lowest BCUT2D eigenvalue weighted by atomic mass is 9.71. The summed E-state index contributed by atoms with van der Waals surface area (Å²) < 4.78 is 83.8. The number of alkyl halides is 6. The highest BCUT2D eigenvalue weighted by molar-refractivity contribution is 6.12. The molecule has 0 fully saturated rings. The molecule has 2 aliphatic rings. The van der Waals surface area contributed by atoms with Crippen LogP contribution in [0.15, 0.2) is 58.1 Å². The van der Waals surface area contributed by atoms with Crippen molar-refractivity contribution in [2.24, 2.45) is 10.8 Å². The predicted molar refractivity (Wildman–Crippen MR) is 103 cm³/mol. The number of carbonyl (C=O) groups excluding carboxylic acids is 2. The fraction of sp³-hybridized carbons (Fsp3) is 0.455. The Kier molecular flexibility index (Phi) is 6.35. The van der Waals surface area contributed by atoms with E-state index in [2.05, 4.69) is 9.47 Å². The van der Waals surface area contributed by atoms with Crippen LogP contribution in [0.2, 0.25) is 0 Å². The third-order valence-electron chi connectivity index (χ3n) is 4.51. The summed E-state index contributed by atoms with van der Waals surface area (Å²) in [5.74, 6) is -4.76. The average molecular weight is 464 g/mol. The van der Waals surface area contributed by atoms with Crippen molar-refractivity contribution in [3.63, 3.8) is 0 Å². The molecule has 4 nitrogen and oxygen atoms in total. The summed E-state index contributed by atoms with van der Waals surface area (Å²) >= 11 is 0. The Morgan fingerprint density at radius 2 is 0.875 bits per heavy atom. The molecule has 0 unspecified atom stereocenters. The summed E-state index contributed by atoms with van der Waals surface area (Å²) in [5.41, 5.74) is -0.812. The maximum Gasteiger partial charge on any atom is 0.573 e. The van der Waals surface area contributed by atoms with Crippen LogP contribution in [0.1, 0.15) is 41.5 Å². The summed E-state index contributed by atoms with van der Waals surface area (Å²) in [6.45, 7) is 10.5. The van der Waals surface area contributed by atoms with Crippen LogP contribution in [0.5, 0.6) is 0 Å². The lowest BCUT2D eigenvalue weighted by Crippen LogP contribution is -2.28. The lowest BCUT2D eigenvalue weighted by Gasteiger charge is -2.32. The highest BCUT2D eigenvalue weighted by atomic mass is 19.4. The summed E-state index contributed by atoms with van der Waals surface area (Å²) in [5, 5.41) is 0. The van der Waals surface area contributed by atoms with Crippen LogP contribution in [-0.2, 0) is 19.1 Å². The minimum absolute atomic E-state index is 0.137. The molecule has 0 aromatic rings. The van der Waals surface area contributed by atoms with Gasteiger partial charge in [-0.3, -0.25) is 9.59 Å². The maximum atomic E-state index is 13.0. The van der Waals surface area contributed by atoms with Crippen molar-refractivity contribution in [1.29, 1.82) is 0 Å². The molecule has 0 N–H and O–H groups in total. The van der Waals surface area contributed by atoms with Crippen LogP contribution in [0.4, 0.5) is 26.3 Å². The van der Waals surface area contributed by atoms with Crippen LogP contribution in [0, 0.1) is 10.8 Å². The first-order valence-corrected chi connectivity index (χ1v) is 9.42. The highest BCUT2D eigenvalue weighted by Crippen LogP contribution is 2.41. The van der Waals surface area contributed by atoms with E-state index in [1.807, 2.05) is 0 Å². The topological polar surface area (TPSA) is 52.6 Å². The summed E-state index contributed by atoms with van der Waals surface area (Å²) in [6, 6.07) is 0. The van der Waals surface area contributed by atoms with E-state index in [1.165, 1.54) is 12.2 Å². The van der Waals surface area contributed by atoms with E-state index in [9.17, 15) is 35.9 Å². The van der Waals surface area contributed by atoms with Crippen LogP contribution in [0.3, 0.4) is 0 Å². The van der Waals surface area contributed by atoms with E-state index in [-0.39, 0.29) is 16.9 Å². The van der Waals surface area contributed by atoms with Crippen LogP contribution < -0.4 is 0 Å². The van der Waals surface area contributed by atoms with E-state index in [0.717, 1.165) is 0 Å². The molecule has 0 aromatic heterocycles. The second kappa shape index (κ2) is 7.97. The fourth-order valence-corrected chi connectivity index (χ4v) is 3.05.